The van der Waals surface area contributed by atoms with E-state index in [0.29, 0.717) is 23.3 Å². The van der Waals surface area contributed by atoms with Crippen molar-refractivity contribution in [1.29, 1.82) is 0 Å². The second-order valence-electron chi connectivity index (χ2n) is 6.24. The van der Waals surface area contributed by atoms with Gasteiger partial charge in [-0.3, -0.25) is 9.59 Å². The number of benzene rings is 1. The van der Waals surface area contributed by atoms with E-state index in [2.05, 4.69) is 10.3 Å². The average molecular weight is 364 g/mol. The lowest BCUT2D eigenvalue weighted by Crippen LogP contribution is -2.35. The third-order valence-electron chi connectivity index (χ3n) is 4.35. The lowest BCUT2D eigenvalue weighted by molar-refractivity contribution is -0.121. The molecule has 134 valence electrons. The van der Waals surface area contributed by atoms with Crippen molar-refractivity contribution in [2.75, 3.05) is 18.6 Å². The molecule has 1 atom stereocenters. The van der Waals surface area contributed by atoms with Gasteiger partial charge in [-0.25, -0.2) is 8.42 Å². The number of rotatable bonds is 5. The molecule has 2 N–H and O–H groups in total. The second kappa shape index (κ2) is 6.87. The van der Waals surface area contributed by atoms with Crippen LogP contribution in [0.4, 0.5) is 0 Å². The molecule has 0 spiro atoms. The molecule has 25 heavy (non-hydrogen) atoms. The fourth-order valence-corrected chi connectivity index (χ4v) is 4.67. The summed E-state index contributed by atoms with van der Waals surface area (Å²) in [6, 6.07) is 6.78. The number of nitrogens with one attached hydrogen (secondary N) is 2. The van der Waals surface area contributed by atoms with Gasteiger partial charge in [0.25, 0.3) is 5.56 Å². The molecule has 1 unspecified atom stereocenters. The molecule has 3 rings (SSSR count). The van der Waals surface area contributed by atoms with E-state index in [0.717, 1.165) is 5.39 Å². The number of methoxy groups -OCH3 is 1. The van der Waals surface area contributed by atoms with E-state index in [1.807, 2.05) is 6.07 Å². The number of aryl methyl sites for hydroxylation is 1. The monoisotopic (exact) mass is 364 g/mol. The third-order valence-corrected chi connectivity index (χ3v) is 6.12. The van der Waals surface area contributed by atoms with Gasteiger partial charge in [-0.2, -0.15) is 0 Å². The number of sulfone groups is 1. The van der Waals surface area contributed by atoms with Gasteiger partial charge in [-0.05, 0) is 37.1 Å². The highest BCUT2D eigenvalue weighted by Gasteiger charge is 2.28. The number of carbonyl (C=O) groups is 1. The summed E-state index contributed by atoms with van der Waals surface area (Å²) in [5.74, 6) is 0.553. The molecule has 0 bridgehead atoms. The van der Waals surface area contributed by atoms with E-state index in [9.17, 15) is 18.0 Å². The summed E-state index contributed by atoms with van der Waals surface area (Å²) in [4.78, 5) is 26.9. The second-order valence-corrected chi connectivity index (χ2v) is 8.47. The van der Waals surface area contributed by atoms with Gasteiger partial charge >= 0.3 is 0 Å². The van der Waals surface area contributed by atoms with Gasteiger partial charge < -0.3 is 15.0 Å². The first-order valence-electron chi connectivity index (χ1n) is 8.06. The van der Waals surface area contributed by atoms with Crippen molar-refractivity contribution in [1.82, 2.24) is 10.3 Å². The SMILES string of the molecule is COc1ccc2[nH]c(=O)c(CCC(=O)NC3CCS(=O)(=O)C3)cc2c1. The Kier molecular flexibility index (Phi) is 4.80. The number of carbonyl (C=O) groups excluding carboxylic acids is 1. The van der Waals surface area contributed by atoms with E-state index < -0.39 is 9.84 Å². The zero-order valence-corrected chi connectivity index (χ0v) is 14.7. The van der Waals surface area contributed by atoms with Crippen LogP contribution in [0, 0.1) is 0 Å². The molecule has 1 fully saturated rings. The quantitative estimate of drug-likeness (QED) is 0.815. The molecule has 0 aliphatic carbocycles. The Bertz CT molecular complexity index is 965. The van der Waals surface area contributed by atoms with Crippen LogP contribution in [-0.4, -0.2) is 44.0 Å². The fraction of sp³-hybridized carbons (Fsp3) is 0.412. The number of amides is 1. The Morgan fingerprint density at radius 3 is 2.84 bits per heavy atom. The van der Waals surface area contributed by atoms with Crippen LogP contribution in [0.15, 0.2) is 29.1 Å². The number of H-pyrrole nitrogens is 1. The fourth-order valence-electron chi connectivity index (χ4n) is 3.00. The van der Waals surface area contributed by atoms with E-state index in [-0.39, 0.29) is 41.9 Å². The largest absolute Gasteiger partial charge is 0.497 e. The highest BCUT2D eigenvalue weighted by Crippen LogP contribution is 2.19. The van der Waals surface area contributed by atoms with Gasteiger partial charge in [-0.1, -0.05) is 0 Å². The van der Waals surface area contributed by atoms with Gasteiger partial charge in [0.15, 0.2) is 9.84 Å². The Morgan fingerprint density at radius 2 is 2.16 bits per heavy atom. The minimum absolute atomic E-state index is 0.00487. The first-order valence-corrected chi connectivity index (χ1v) is 9.88. The molecule has 7 nitrogen and oxygen atoms in total. The van der Waals surface area contributed by atoms with Crippen LogP contribution in [0.2, 0.25) is 0 Å². The number of hydrogen-bond acceptors (Lipinski definition) is 5. The van der Waals surface area contributed by atoms with Gasteiger partial charge in [0, 0.05) is 28.9 Å². The van der Waals surface area contributed by atoms with Crippen LogP contribution in [0.1, 0.15) is 18.4 Å². The lowest BCUT2D eigenvalue weighted by atomic mass is 10.1. The number of fused-ring (bicyclic) bond motifs is 1. The van der Waals surface area contributed by atoms with Crippen molar-refractivity contribution < 1.29 is 17.9 Å². The first-order chi connectivity index (χ1) is 11.9. The van der Waals surface area contributed by atoms with Crippen LogP contribution in [0.3, 0.4) is 0 Å². The lowest BCUT2D eigenvalue weighted by Gasteiger charge is -2.10. The summed E-state index contributed by atoms with van der Waals surface area (Å²) >= 11 is 0. The number of pyridine rings is 1. The van der Waals surface area contributed by atoms with Crippen molar-refractivity contribution in [3.63, 3.8) is 0 Å². The van der Waals surface area contributed by atoms with E-state index in [4.69, 9.17) is 4.74 Å². The molecule has 1 aliphatic heterocycles. The summed E-state index contributed by atoms with van der Waals surface area (Å²) in [6.07, 6.45) is 0.868. The third kappa shape index (κ3) is 4.19. The molecule has 8 heteroatoms. The zero-order valence-electron chi connectivity index (χ0n) is 13.9. The zero-order chi connectivity index (χ0) is 18.0. The summed E-state index contributed by atoms with van der Waals surface area (Å²) in [7, 11) is -1.46. The van der Waals surface area contributed by atoms with Crippen LogP contribution in [-0.2, 0) is 21.1 Å². The number of ether oxygens (including phenoxy) is 1. The van der Waals surface area contributed by atoms with Crippen molar-refractivity contribution in [3.05, 3.63) is 40.2 Å². The smallest absolute Gasteiger partial charge is 0.251 e. The normalized spacial score (nSPS) is 19.0. The minimum Gasteiger partial charge on any atom is -0.497 e. The molecule has 1 amide bonds. The Morgan fingerprint density at radius 1 is 1.36 bits per heavy atom. The number of aromatic nitrogens is 1. The Balaban J connectivity index is 1.67. The summed E-state index contributed by atoms with van der Waals surface area (Å²) in [5, 5.41) is 3.56. The first kappa shape index (κ1) is 17.5. The van der Waals surface area contributed by atoms with E-state index in [1.54, 1.807) is 25.3 Å². The molecule has 1 aromatic heterocycles. The predicted molar refractivity (Wildman–Crippen MR) is 94.6 cm³/mol. The Labute approximate surface area is 145 Å². The van der Waals surface area contributed by atoms with Crippen LogP contribution < -0.4 is 15.6 Å². The molecular weight excluding hydrogens is 344 g/mol. The molecule has 1 aliphatic rings. The Hall–Kier alpha value is -2.35. The minimum atomic E-state index is -3.03. The average Bonchev–Trinajstić information content (AvgIpc) is 2.91. The van der Waals surface area contributed by atoms with Crippen molar-refractivity contribution >= 4 is 26.6 Å². The highest BCUT2D eigenvalue weighted by molar-refractivity contribution is 7.91. The number of aromatic amines is 1. The van der Waals surface area contributed by atoms with Gasteiger partial charge in [0.1, 0.15) is 5.75 Å². The maximum Gasteiger partial charge on any atom is 0.251 e. The highest BCUT2D eigenvalue weighted by atomic mass is 32.2. The molecule has 0 radical (unpaired) electrons. The summed E-state index contributed by atoms with van der Waals surface area (Å²) < 4.78 is 28.0. The molecule has 2 heterocycles. The van der Waals surface area contributed by atoms with E-state index >= 15 is 0 Å². The summed E-state index contributed by atoms with van der Waals surface area (Å²) in [6.45, 7) is 0. The van der Waals surface area contributed by atoms with Crippen molar-refractivity contribution in [3.8, 4) is 5.75 Å². The van der Waals surface area contributed by atoms with Crippen molar-refractivity contribution in [2.24, 2.45) is 0 Å². The maximum absolute atomic E-state index is 12.1. The molecule has 2 aromatic rings. The molecular formula is C17H20N2O5S. The predicted octanol–water partition coefficient (Wildman–Crippen LogP) is 0.773. The van der Waals surface area contributed by atoms with Crippen LogP contribution in [0.5, 0.6) is 5.75 Å². The molecule has 1 saturated heterocycles. The standard InChI is InChI=1S/C17H20N2O5S/c1-24-14-3-4-15-12(9-14)8-11(17(21)19-15)2-5-16(20)18-13-6-7-25(22,23)10-13/h3-4,8-9,13H,2,5-7,10H2,1H3,(H,18,20)(H,19,21). The van der Waals surface area contributed by atoms with Gasteiger partial charge in [-0.15, -0.1) is 0 Å². The van der Waals surface area contributed by atoms with Gasteiger partial charge in [0.2, 0.25) is 5.91 Å². The maximum atomic E-state index is 12.1. The van der Waals surface area contributed by atoms with Crippen molar-refractivity contribution in [2.45, 2.75) is 25.3 Å². The van der Waals surface area contributed by atoms with Crippen LogP contribution in [0.25, 0.3) is 10.9 Å². The number of hydrogen-bond donors (Lipinski definition) is 2. The summed E-state index contributed by atoms with van der Waals surface area (Å²) in [5.41, 5.74) is 0.985. The topological polar surface area (TPSA) is 105 Å². The van der Waals surface area contributed by atoms with Crippen LogP contribution >= 0.6 is 0 Å². The molecule has 1 aromatic carbocycles. The molecule has 0 saturated carbocycles. The van der Waals surface area contributed by atoms with Gasteiger partial charge in [0.05, 0.1) is 18.6 Å². The van der Waals surface area contributed by atoms with E-state index in [1.165, 1.54) is 0 Å².